The minimum atomic E-state index is -0.285. The van der Waals surface area contributed by atoms with Gasteiger partial charge in [0.25, 0.3) is 0 Å². The SMILES string of the molecule is Cn1cc(CN(C(=O)C2CNNC2c2cccc(F)c2)C2CC2)cn1. The van der Waals surface area contributed by atoms with Gasteiger partial charge in [-0.05, 0) is 30.5 Å². The number of hydrogen-bond acceptors (Lipinski definition) is 4. The Morgan fingerprint density at radius 1 is 1.44 bits per heavy atom. The Hall–Kier alpha value is -2.25. The molecule has 1 aliphatic carbocycles. The van der Waals surface area contributed by atoms with Crippen molar-refractivity contribution < 1.29 is 9.18 Å². The molecule has 6 nitrogen and oxygen atoms in total. The van der Waals surface area contributed by atoms with Crippen molar-refractivity contribution in [3.05, 3.63) is 53.6 Å². The molecule has 0 spiro atoms. The molecule has 1 aromatic heterocycles. The van der Waals surface area contributed by atoms with E-state index in [0.717, 1.165) is 24.0 Å². The molecule has 0 radical (unpaired) electrons. The number of rotatable bonds is 5. The van der Waals surface area contributed by atoms with E-state index in [9.17, 15) is 9.18 Å². The van der Waals surface area contributed by atoms with Crippen LogP contribution in [-0.4, -0.2) is 33.2 Å². The van der Waals surface area contributed by atoms with E-state index in [0.29, 0.717) is 19.1 Å². The highest BCUT2D eigenvalue weighted by molar-refractivity contribution is 5.81. The highest BCUT2D eigenvalue weighted by Gasteiger charge is 2.41. The molecule has 2 unspecified atom stereocenters. The van der Waals surface area contributed by atoms with Crippen molar-refractivity contribution in [3.8, 4) is 0 Å². The minimum Gasteiger partial charge on any atom is -0.335 e. The van der Waals surface area contributed by atoms with Crippen LogP contribution in [0.15, 0.2) is 36.7 Å². The summed E-state index contributed by atoms with van der Waals surface area (Å²) in [6, 6.07) is 6.53. The maximum Gasteiger partial charge on any atom is 0.229 e. The maximum atomic E-state index is 13.6. The fourth-order valence-electron chi connectivity index (χ4n) is 3.48. The molecule has 1 aliphatic heterocycles. The molecular weight excluding hydrogens is 321 g/mol. The Morgan fingerprint density at radius 2 is 2.28 bits per heavy atom. The standard InChI is InChI=1S/C18H22FN5O/c1-23-10-12(8-21-23)11-24(15-5-6-15)18(25)16-9-20-22-17(16)13-3-2-4-14(19)7-13/h2-4,7-8,10,15-17,20,22H,5-6,9,11H2,1H3. The minimum absolute atomic E-state index is 0.109. The third kappa shape index (κ3) is 3.43. The Bertz CT molecular complexity index is 772. The van der Waals surface area contributed by atoms with Crippen LogP contribution < -0.4 is 10.9 Å². The van der Waals surface area contributed by atoms with Crippen molar-refractivity contribution in [2.75, 3.05) is 6.54 Å². The first-order valence-electron chi connectivity index (χ1n) is 8.63. The zero-order valence-corrected chi connectivity index (χ0v) is 14.2. The molecule has 2 heterocycles. The number of amides is 1. The van der Waals surface area contributed by atoms with Crippen LogP contribution >= 0.6 is 0 Å². The van der Waals surface area contributed by atoms with Gasteiger partial charge in [-0.25, -0.2) is 9.82 Å². The molecule has 0 bridgehead atoms. The Balaban J connectivity index is 1.54. The van der Waals surface area contributed by atoms with E-state index in [2.05, 4.69) is 16.0 Å². The molecule has 1 aromatic carbocycles. The third-order valence-electron chi connectivity index (χ3n) is 4.89. The van der Waals surface area contributed by atoms with E-state index in [1.807, 2.05) is 24.2 Å². The van der Waals surface area contributed by atoms with E-state index in [4.69, 9.17) is 0 Å². The van der Waals surface area contributed by atoms with Gasteiger partial charge in [-0.15, -0.1) is 0 Å². The van der Waals surface area contributed by atoms with Crippen molar-refractivity contribution in [1.29, 1.82) is 0 Å². The summed E-state index contributed by atoms with van der Waals surface area (Å²) in [7, 11) is 1.87. The number of carbonyl (C=O) groups is 1. The predicted molar refractivity (Wildman–Crippen MR) is 90.5 cm³/mol. The summed E-state index contributed by atoms with van der Waals surface area (Å²) >= 11 is 0. The zero-order chi connectivity index (χ0) is 17.4. The largest absolute Gasteiger partial charge is 0.335 e. The van der Waals surface area contributed by atoms with Crippen LogP contribution in [0.5, 0.6) is 0 Å². The number of aromatic nitrogens is 2. The molecule has 2 aromatic rings. The maximum absolute atomic E-state index is 13.6. The van der Waals surface area contributed by atoms with Gasteiger partial charge in [0.2, 0.25) is 5.91 Å². The second-order valence-corrected chi connectivity index (χ2v) is 6.88. The third-order valence-corrected chi connectivity index (χ3v) is 4.89. The smallest absolute Gasteiger partial charge is 0.229 e. The summed E-state index contributed by atoms with van der Waals surface area (Å²) in [4.78, 5) is 15.2. The Kier molecular flexibility index (Phi) is 4.27. The molecule has 2 aliphatic rings. The number of nitrogens with one attached hydrogen (secondary N) is 2. The lowest BCUT2D eigenvalue weighted by molar-refractivity contribution is -0.136. The highest BCUT2D eigenvalue weighted by atomic mass is 19.1. The lowest BCUT2D eigenvalue weighted by Crippen LogP contribution is -2.40. The highest BCUT2D eigenvalue weighted by Crippen LogP contribution is 2.33. The van der Waals surface area contributed by atoms with Gasteiger partial charge in [0.15, 0.2) is 0 Å². The molecule has 2 N–H and O–H groups in total. The lowest BCUT2D eigenvalue weighted by atomic mass is 9.93. The molecule has 25 heavy (non-hydrogen) atoms. The van der Waals surface area contributed by atoms with Crippen molar-refractivity contribution in [3.63, 3.8) is 0 Å². The quantitative estimate of drug-likeness (QED) is 0.864. The van der Waals surface area contributed by atoms with Crippen LogP contribution in [0.1, 0.15) is 30.0 Å². The number of aryl methyl sites for hydroxylation is 1. The van der Waals surface area contributed by atoms with E-state index in [1.54, 1.807) is 16.9 Å². The average Bonchev–Trinajstić information content (AvgIpc) is 3.16. The van der Waals surface area contributed by atoms with E-state index in [-0.39, 0.29) is 23.7 Å². The molecule has 2 atom stereocenters. The van der Waals surface area contributed by atoms with Gasteiger partial charge in [-0.1, -0.05) is 12.1 Å². The molecular formula is C18H22FN5O. The first kappa shape index (κ1) is 16.2. The van der Waals surface area contributed by atoms with Crippen molar-refractivity contribution in [2.24, 2.45) is 13.0 Å². The van der Waals surface area contributed by atoms with Crippen LogP contribution in [0.4, 0.5) is 4.39 Å². The van der Waals surface area contributed by atoms with Gasteiger partial charge in [0.1, 0.15) is 5.82 Å². The summed E-state index contributed by atoms with van der Waals surface area (Å²) in [5.74, 6) is -0.427. The number of hydrogen-bond donors (Lipinski definition) is 2. The van der Waals surface area contributed by atoms with Crippen molar-refractivity contribution >= 4 is 5.91 Å². The fourth-order valence-corrected chi connectivity index (χ4v) is 3.48. The summed E-state index contributed by atoms with van der Waals surface area (Å²) in [5.41, 5.74) is 8.02. The molecule has 2 fully saturated rings. The van der Waals surface area contributed by atoms with Gasteiger partial charge >= 0.3 is 0 Å². The van der Waals surface area contributed by atoms with E-state index >= 15 is 0 Å². The Morgan fingerprint density at radius 3 is 2.96 bits per heavy atom. The second kappa shape index (κ2) is 6.57. The summed E-state index contributed by atoms with van der Waals surface area (Å²) in [5, 5.41) is 4.19. The van der Waals surface area contributed by atoms with Crippen molar-refractivity contribution in [1.82, 2.24) is 25.5 Å². The first-order valence-corrected chi connectivity index (χ1v) is 8.63. The molecule has 1 saturated heterocycles. The summed E-state index contributed by atoms with van der Waals surface area (Å²) in [6.07, 6.45) is 5.84. The average molecular weight is 343 g/mol. The van der Waals surface area contributed by atoms with Crippen LogP contribution in [0, 0.1) is 11.7 Å². The first-order chi connectivity index (χ1) is 12.1. The summed E-state index contributed by atoms with van der Waals surface area (Å²) in [6.45, 7) is 1.11. The van der Waals surface area contributed by atoms with Gasteiger partial charge in [0.05, 0.1) is 18.2 Å². The number of halogens is 1. The molecule has 132 valence electrons. The van der Waals surface area contributed by atoms with Gasteiger partial charge in [0, 0.05) is 37.9 Å². The normalized spacial score (nSPS) is 23.0. The van der Waals surface area contributed by atoms with Crippen LogP contribution in [0.2, 0.25) is 0 Å². The van der Waals surface area contributed by atoms with E-state index < -0.39 is 0 Å². The van der Waals surface area contributed by atoms with Crippen molar-refractivity contribution in [2.45, 2.75) is 31.5 Å². The molecule has 7 heteroatoms. The molecule has 1 saturated carbocycles. The number of hydrazine groups is 1. The van der Waals surface area contributed by atoms with Gasteiger partial charge in [-0.3, -0.25) is 14.9 Å². The predicted octanol–water partition coefficient (Wildman–Crippen LogP) is 1.52. The van der Waals surface area contributed by atoms with Gasteiger partial charge in [-0.2, -0.15) is 5.10 Å². The summed E-state index contributed by atoms with van der Waals surface area (Å²) < 4.78 is 15.3. The molecule has 4 rings (SSSR count). The topological polar surface area (TPSA) is 62.2 Å². The monoisotopic (exact) mass is 343 g/mol. The zero-order valence-electron chi connectivity index (χ0n) is 14.2. The fraction of sp³-hybridized carbons (Fsp3) is 0.444. The second-order valence-electron chi connectivity index (χ2n) is 6.88. The van der Waals surface area contributed by atoms with Crippen LogP contribution in [0.25, 0.3) is 0 Å². The Labute approximate surface area is 146 Å². The number of nitrogens with zero attached hydrogens (tertiary/aromatic N) is 3. The lowest BCUT2D eigenvalue weighted by Gasteiger charge is -2.27. The number of carbonyl (C=O) groups excluding carboxylic acids is 1. The van der Waals surface area contributed by atoms with E-state index in [1.165, 1.54) is 12.1 Å². The van der Waals surface area contributed by atoms with Crippen LogP contribution in [-0.2, 0) is 18.4 Å². The number of benzene rings is 1. The molecule has 1 amide bonds. The van der Waals surface area contributed by atoms with Crippen LogP contribution in [0.3, 0.4) is 0 Å². The van der Waals surface area contributed by atoms with Gasteiger partial charge < -0.3 is 4.90 Å².